The molecule has 3 rings (SSSR count). The summed E-state index contributed by atoms with van der Waals surface area (Å²) in [5, 5.41) is 3.95. The summed E-state index contributed by atoms with van der Waals surface area (Å²) in [5.74, 6) is -1.00. The van der Waals surface area contributed by atoms with Gasteiger partial charge >= 0.3 is 0 Å². The SMILES string of the molecule is CC[C@@H](C)NC(=O)[C@H](CC)N(Cc1ccc(Cl)cc1Cl)C(=O)CN(c1cc(Cl)ccc1Cl)S(=O)(=O)c1ccccc1. The highest BCUT2D eigenvalue weighted by atomic mass is 35.5. The van der Waals surface area contributed by atoms with E-state index in [1.165, 1.54) is 35.2 Å². The standard InChI is InChI=1S/C29H31Cl4N3O4S/c1-4-19(3)34-29(38)26(5-2)35(17-20-11-12-21(30)15-25(20)33)28(37)18-36(27-16-22(31)13-14-24(27)32)41(39,40)23-9-7-6-8-10-23/h6-16,19,26H,4-5,17-18H2,1-3H3,(H,34,38)/t19-,26+/m1/s1. The number of halogens is 4. The number of hydrogen-bond acceptors (Lipinski definition) is 4. The van der Waals surface area contributed by atoms with Gasteiger partial charge in [0.05, 0.1) is 15.6 Å². The maximum atomic E-state index is 14.1. The molecule has 0 saturated heterocycles. The van der Waals surface area contributed by atoms with Gasteiger partial charge in [0.1, 0.15) is 12.6 Å². The first kappa shape index (κ1) is 33.0. The third kappa shape index (κ3) is 8.30. The normalized spacial score (nSPS) is 12.9. The molecule has 3 aromatic carbocycles. The number of rotatable bonds is 12. The molecule has 3 aromatic rings. The van der Waals surface area contributed by atoms with E-state index in [0.717, 1.165) is 4.31 Å². The zero-order chi connectivity index (χ0) is 30.3. The van der Waals surface area contributed by atoms with Crippen molar-refractivity contribution in [2.75, 3.05) is 10.8 Å². The van der Waals surface area contributed by atoms with Crippen molar-refractivity contribution in [2.45, 2.75) is 57.1 Å². The van der Waals surface area contributed by atoms with E-state index >= 15 is 0 Å². The first-order valence-electron chi connectivity index (χ1n) is 13.0. The fourth-order valence-electron chi connectivity index (χ4n) is 4.10. The Labute approximate surface area is 261 Å². The van der Waals surface area contributed by atoms with E-state index in [9.17, 15) is 18.0 Å². The molecule has 0 bridgehead atoms. The third-order valence-corrected chi connectivity index (χ3v) is 9.45. The topological polar surface area (TPSA) is 86.8 Å². The summed E-state index contributed by atoms with van der Waals surface area (Å²) < 4.78 is 28.7. The molecule has 12 heteroatoms. The maximum Gasteiger partial charge on any atom is 0.264 e. The minimum Gasteiger partial charge on any atom is -0.352 e. The van der Waals surface area contributed by atoms with E-state index in [4.69, 9.17) is 46.4 Å². The van der Waals surface area contributed by atoms with Gasteiger partial charge in [0.15, 0.2) is 0 Å². The average molecular weight is 659 g/mol. The summed E-state index contributed by atoms with van der Waals surface area (Å²) in [5.41, 5.74) is 0.565. The van der Waals surface area contributed by atoms with Crippen molar-refractivity contribution in [3.05, 3.63) is 92.4 Å². The van der Waals surface area contributed by atoms with Crippen LogP contribution in [-0.2, 0) is 26.2 Å². The number of hydrogen-bond donors (Lipinski definition) is 1. The molecule has 0 saturated carbocycles. The number of nitrogens with zero attached hydrogens (tertiary/aromatic N) is 2. The number of sulfonamides is 1. The van der Waals surface area contributed by atoms with Crippen LogP contribution in [0.2, 0.25) is 20.1 Å². The largest absolute Gasteiger partial charge is 0.352 e. The van der Waals surface area contributed by atoms with Crippen molar-refractivity contribution in [2.24, 2.45) is 0 Å². The van der Waals surface area contributed by atoms with Crippen molar-refractivity contribution >= 4 is 73.9 Å². The monoisotopic (exact) mass is 657 g/mol. The highest BCUT2D eigenvalue weighted by Gasteiger charge is 2.35. The van der Waals surface area contributed by atoms with Gasteiger partial charge in [0.2, 0.25) is 11.8 Å². The summed E-state index contributed by atoms with van der Waals surface area (Å²) in [4.78, 5) is 28.8. The Kier molecular flexibility index (Phi) is 11.8. The minimum absolute atomic E-state index is 0.0259. The van der Waals surface area contributed by atoms with Gasteiger partial charge in [-0.1, -0.05) is 84.5 Å². The van der Waals surface area contributed by atoms with Crippen LogP contribution in [0.3, 0.4) is 0 Å². The number of carbonyl (C=O) groups excluding carboxylic acids is 2. The molecule has 0 spiro atoms. The summed E-state index contributed by atoms with van der Waals surface area (Å²) in [6.07, 6.45) is 0.956. The molecule has 0 heterocycles. The van der Waals surface area contributed by atoms with Gasteiger partial charge in [-0.3, -0.25) is 13.9 Å². The number of anilines is 1. The lowest BCUT2D eigenvalue weighted by atomic mass is 10.1. The van der Waals surface area contributed by atoms with E-state index < -0.39 is 28.5 Å². The second-order valence-electron chi connectivity index (χ2n) is 9.42. The van der Waals surface area contributed by atoms with Crippen LogP contribution in [0.4, 0.5) is 5.69 Å². The number of amides is 2. The molecule has 0 radical (unpaired) electrons. The fourth-order valence-corrected chi connectivity index (χ4v) is 6.45. The second kappa shape index (κ2) is 14.6. The van der Waals surface area contributed by atoms with Crippen molar-refractivity contribution in [3.63, 3.8) is 0 Å². The van der Waals surface area contributed by atoms with Crippen LogP contribution >= 0.6 is 46.4 Å². The lowest BCUT2D eigenvalue weighted by Crippen LogP contribution is -2.53. The van der Waals surface area contributed by atoms with Gasteiger partial charge in [-0.2, -0.15) is 0 Å². The zero-order valence-corrected chi connectivity index (χ0v) is 26.6. The molecule has 0 fully saturated rings. The van der Waals surface area contributed by atoms with Gasteiger partial charge in [0.25, 0.3) is 10.0 Å². The lowest BCUT2D eigenvalue weighted by molar-refractivity contribution is -0.140. The van der Waals surface area contributed by atoms with Crippen molar-refractivity contribution in [3.8, 4) is 0 Å². The lowest BCUT2D eigenvalue weighted by Gasteiger charge is -2.34. The first-order valence-corrected chi connectivity index (χ1v) is 15.9. The third-order valence-electron chi connectivity index (χ3n) is 6.53. The molecule has 0 aliphatic carbocycles. The summed E-state index contributed by atoms with van der Waals surface area (Å²) >= 11 is 25.2. The van der Waals surface area contributed by atoms with Crippen LogP contribution in [0, 0.1) is 0 Å². The fraction of sp³-hybridized carbons (Fsp3) is 0.310. The molecule has 0 aliphatic rings. The molecule has 1 N–H and O–H groups in total. The molecule has 2 amide bonds. The van der Waals surface area contributed by atoms with Crippen molar-refractivity contribution in [1.82, 2.24) is 10.2 Å². The predicted molar refractivity (Wildman–Crippen MR) is 166 cm³/mol. The van der Waals surface area contributed by atoms with Crippen molar-refractivity contribution in [1.29, 1.82) is 0 Å². The zero-order valence-electron chi connectivity index (χ0n) is 22.8. The molecule has 2 atom stereocenters. The van der Waals surface area contributed by atoms with Crippen LogP contribution in [0.5, 0.6) is 0 Å². The Morgan fingerprint density at radius 2 is 1.49 bits per heavy atom. The van der Waals surface area contributed by atoms with E-state index in [1.54, 1.807) is 43.3 Å². The Balaban J connectivity index is 2.11. The summed E-state index contributed by atoms with van der Waals surface area (Å²) in [6, 6.07) is 15.8. The van der Waals surface area contributed by atoms with Gasteiger partial charge < -0.3 is 10.2 Å². The van der Waals surface area contributed by atoms with Crippen LogP contribution in [-0.4, -0.2) is 43.8 Å². The smallest absolute Gasteiger partial charge is 0.264 e. The van der Waals surface area contributed by atoms with Gasteiger partial charge in [0, 0.05) is 27.7 Å². The number of carbonyl (C=O) groups is 2. The summed E-state index contributed by atoms with van der Waals surface area (Å²) in [6.45, 7) is 4.85. The molecule has 0 aliphatic heterocycles. The number of benzene rings is 3. The molecule has 7 nitrogen and oxygen atoms in total. The highest BCUT2D eigenvalue weighted by molar-refractivity contribution is 7.92. The average Bonchev–Trinajstić information content (AvgIpc) is 2.94. The quantitative estimate of drug-likeness (QED) is 0.223. The second-order valence-corrected chi connectivity index (χ2v) is 13.0. The maximum absolute atomic E-state index is 14.1. The van der Waals surface area contributed by atoms with Gasteiger partial charge in [-0.25, -0.2) is 8.42 Å². The van der Waals surface area contributed by atoms with Crippen LogP contribution in [0.1, 0.15) is 39.2 Å². The molecule has 0 aromatic heterocycles. The van der Waals surface area contributed by atoms with E-state index in [2.05, 4.69) is 5.32 Å². The van der Waals surface area contributed by atoms with Gasteiger partial charge in [-0.15, -0.1) is 0 Å². The molecule has 0 unspecified atom stereocenters. The molecule has 41 heavy (non-hydrogen) atoms. The Bertz CT molecular complexity index is 1490. The van der Waals surface area contributed by atoms with Crippen LogP contribution in [0.15, 0.2) is 71.6 Å². The highest BCUT2D eigenvalue weighted by Crippen LogP contribution is 2.33. The predicted octanol–water partition coefficient (Wildman–Crippen LogP) is 7.22. The first-order chi connectivity index (χ1) is 19.4. The molecular formula is C29H31Cl4N3O4S. The Morgan fingerprint density at radius 1 is 0.854 bits per heavy atom. The molecular weight excluding hydrogens is 628 g/mol. The van der Waals surface area contributed by atoms with E-state index in [1.807, 2.05) is 13.8 Å². The van der Waals surface area contributed by atoms with E-state index in [0.29, 0.717) is 22.0 Å². The van der Waals surface area contributed by atoms with Crippen LogP contribution in [0.25, 0.3) is 0 Å². The number of nitrogens with one attached hydrogen (secondary N) is 1. The van der Waals surface area contributed by atoms with Gasteiger partial charge in [-0.05, 0) is 67.8 Å². The molecule has 220 valence electrons. The van der Waals surface area contributed by atoms with Crippen LogP contribution < -0.4 is 9.62 Å². The Hall–Kier alpha value is -2.49. The van der Waals surface area contributed by atoms with E-state index in [-0.39, 0.29) is 45.5 Å². The summed E-state index contributed by atoms with van der Waals surface area (Å²) in [7, 11) is -4.29. The minimum atomic E-state index is -4.29. The Morgan fingerprint density at radius 3 is 2.10 bits per heavy atom. The van der Waals surface area contributed by atoms with Crippen molar-refractivity contribution < 1.29 is 18.0 Å².